The van der Waals surface area contributed by atoms with Crippen LogP contribution in [-0.4, -0.2) is 22.9 Å². The van der Waals surface area contributed by atoms with Gasteiger partial charge in [0.25, 0.3) is 0 Å². The molecule has 0 fully saturated rings. The zero-order chi connectivity index (χ0) is 14.5. The Morgan fingerprint density at radius 1 is 1.25 bits per heavy atom. The van der Waals surface area contributed by atoms with Crippen molar-refractivity contribution in [3.63, 3.8) is 0 Å². The number of nitrogens with zero attached hydrogens (tertiary/aromatic N) is 2. The third-order valence-electron chi connectivity index (χ3n) is 2.47. The molecule has 1 heterocycles. The molecule has 6 nitrogen and oxygen atoms in total. The number of amides is 1. The van der Waals surface area contributed by atoms with Gasteiger partial charge in [-0.25, -0.2) is 4.98 Å². The van der Waals surface area contributed by atoms with Gasteiger partial charge in [0.05, 0.1) is 5.69 Å². The zero-order valence-electron chi connectivity index (χ0n) is 11.6. The Kier molecular flexibility index (Phi) is 4.14. The number of ether oxygens (including phenoxy) is 1. The van der Waals surface area contributed by atoms with Crippen LogP contribution in [0, 0.1) is 6.92 Å². The number of aromatic nitrogens is 2. The molecule has 0 aliphatic carbocycles. The van der Waals surface area contributed by atoms with Crippen LogP contribution in [0.4, 0.5) is 11.6 Å². The van der Waals surface area contributed by atoms with Gasteiger partial charge in [0, 0.05) is 25.7 Å². The molecule has 0 spiro atoms. The fraction of sp³-hybridized carbons (Fsp3) is 0.214. The number of para-hydroxylation sites is 2. The number of nitrogens with one attached hydrogen (secondary N) is 2. The molecular formula is C14H16N4O2. The second-order valence-electron chi connectivity index (χ2n) is 4.20. The molecule has 2 N–H and O–H groups in total. The summed E-state index contributed by atoms with van der Waals surface area (Å²) in [4.78, 5) is 19.6. The topological polar surface area (TPSA) is 76.1 Å². The Bertz CT molecular complexity index is 628. The number of benzene rings is 1. The number of aryl methyl sites for hydroxylation is 1. The summed E-state index contributed by atoms with van der Waals surface area (Å²) in [5.41, 5.74) is 1.39. The fourth-order valence-electron chi connectivity index (χ4n) is 1.66. The molecule has 2 rings (SSSR count). The van der Waals surface area contributed by atoms with Gasteiger partial charge in [0.2, 0.25) is 17.7 Å². The van der Waals surface area contributed by atoms with Crippen molar-refractivity contribution in [2.45, 2.75) is 13.8 Å². The summed E-state index contributed by atoms with van der Waals surface area (Å²) < 4.78 is 5.73. The smallest absolute Gasteiger partial charge is 0.225 e. The first kappa shape index (κ1) is 13.8. The highest BCUT2D eigenvalue weighted by Gasteiger charge is 2.08. The van der Waals surface area contributed by atoms with Crippen molar-refractivity contribution in [2.24, 2.45) is 0 Å². The van der Waals surface area contributed by atoms with Gasteiger partial charge in [-0.1, -0.05) is 12.1 Å². The number of hydrogen-bond acceptors (Lipinski definition) is 5. The Balaban J connectivity index is 2.30. The monoisotopic (exact) mass is 272 g/mol. The van der Waals surface area contributed by atoms with E-state index in [1.807, 2.05) is 19.1 Å². The maximum Gasteiger partial charge on any atom is 0.225 e. The maximum atomic E-state index is 11.2. The summed E-state index contributed by atoms with van der Waals surface area (Å²) in [6.45, 7) is 3.31. The van der Waals surface area contributed by atoms with E-state index in [0.717, 1.165) is 5.69 Å². The van der Waals surface area contributed by atoms with Crippen molar-refractivity contribution in [1.82, 2.24) is 9.97 Å². The summed E-state index contributed by atoms with van der Waals surface area (Å²) in [5, 5.41) is 5.58. The highest BCUT2D eigenvalue weighted by molar-refractivity contribution is 5.90. The van der Waals surface area contributed by atoms with E-state index in [1.54, 1.807) is 25.2 Å². The Morgan fingerprint density at radius 2 is 2.00 bits per heavy atom. The molecule has 0 bridgehead atoms. The number of hydrogen-bond donors (Lipinski definition) is 2. The van der Waals surface area contributed by atoms with Crippen LogP contribution in [-0.2, 0) is 4.79 Å². The predicted molar refractivity (Wildman–Crippen MR) is 77.1 cm³/mol. The molecule has 6 heteroatoms. The van der Waals surface area contributed by atoms with Crippen LogP contribution in [0.5, 0.6) is 11.6 Å². The van der Waals surface area contributed by atoms with E-state index in [-0.39, 0.29) is 5.91 Å². The van der Waals surface area contributed by atoms with Crippen LogP contribution in [0.15, 0.2) is 30.3 Å². The first-order chi connectivity index (χ1) is 9.58. The SMILES string of the molecule is CNc1nc(C)cc(Oc2ccccc2NC(C)=O)n1. The highest BCUT2D eigenvalue weighted by Crippen LogP contribution is 2.28. The third-order valence-corrected chi connectivity index (χ3v) is 2.47. The minimum absolute atomic E-state index is 0.157. The summed E-state index contributed by atoms with van der Waals surface area (Å²) in [7, 11) is 1.74. The first-order valence-corrected chi connectivity index (χ1v) is 6.16. The van der Waals surface area contributed by atoms with Gasteiger partial charge in [-0.15, -0.1) is 0 Å². The molecule has 0 saturated heterocycles. The van der Waals surface area contributed by atoms with Crippen LogP contribution in [0.3, 0.4) is 0 Å². The van der Waals surface area contributed by atoms with E-state index in [2.05, 4.69) is 20.6 Å². The molecule has 0 radical (unpaired) electrons. The van der Waals surface area contributed by atoms with Crippen molar-refractivity contribution in [1.29, 1.82) is 0 Å². The minimum Gasteiger partial charge on any atom is -0.437 e. The van der Waals surface area contributed by atoms with E-state index in [0.29, 0.717) is 23.3 Å². The first-order valence-electron chi connectivity index (χ1n) is 6.16. The van der Waals surface area contributed by atoms with Crippen LogP contribution < -0.4 is 15.4 Å². The van der Waals surface area contributed by atoms with E-state index < -0.39 is 0 Å². The van der Waals surface area contributed by atoms with Gasteiger partial charge < -0.3 is 15.4 Å². The van der Waals surface area contributed by atoms with Gasteiger partial charge in [-0.3, -0.25) is 4.79 Å². The average Bonchev–Trinajstić information content (AvgIpc) is 2.39. The average molecular weight is 272 g/mol. The predicted octanol–water partition coefficient (Wildman–Crippen LogP) is 2.58. The van der Waals surface area contributed by atoms with Crippen molar-refractivity contribution >= 4 is 17.5 Å². The molecule has 104 valence electrons. The molecule has 20 heavy (non-hydrogen) atoms. The largest absolute Gasteiger partial charge is 0.437 e. The Morgan fingerprint density at radius 3 is 2.70 bits per heavy atom. The molecule has 1 amide bonds. The molecular weight excluding hydrogens is 256 g/mol. The van der Waals surface area contributed by atoms with Crippen molar-refractivity contribution in [3.05, 3.63) is 36.0 Å². The zero-order valence-corrected chi connectivity index (χ0v) is 11.6. The van der Waals surface area contributed by atoms with Crippen LogP contribution in [0.25, 0.3) is 0 Å². The molecule has 1 aromatic carbocycles. The number of rotatable bonds is 4. The van der Waals surface area contributed by atoms with E-state index in [1.165, 1.54) is 6.92 Å². The number of carbonyl (C=O) groups excluding carboxylic acids is 1. The molecule has 0 atom stereocenters. The molecule has 0 aliphatic heterocycles. The second-order valence-corrected chi connectivity index (χ2v) is 4.20. The summed E-state index contributed by atoms with van der Waals surface area (Å²) >= 11 is 0. The number of carbonyl (C=O) groups is 1. The van der Waals surface area contributed by atoms with E-state index >= 15 is 0 Å². The maximum absolute atomic E-state index is 11.2. The molecule has 0 aliphatic rings. The normalized spacial score (nSPS) is 9.95. The lowest BCUT2D eigenvalue weighted by molar-refractivity contribution is -0.114. The van der Waals surface area contributed by atoms with Crippen molar-refractivity contribution in [3.8, 4) is 11.6 Å². The molecule has 1 aromatic heterocycles. The van der Waals surface area contributed by atoms with Crippen LogP contribution >= 0.6 is 0 Å². The number of anilines is 2. The lowest BCUT2D eigenvalue weighted by Gasteiger charge is -2.11. The van der Waals surface area contributed by atoms with Gasteiger partial charge in [-0.05, 0) is 19.1 Å². The van der Waals surface area contributed by atoms with E-state index in [4.69, 9.17) is 4.74 Å². The standard InChI is InChI=1S/C14H16N4O2/c1-9-8-13(18-14(15-3)16-9)20-12-7-5-4-6-11(12)17-10(2)19/h4-8H,1-3H3,(H,17,19)(H,15,16,18). The van der Waals surface area contributed by atoms with Gasteiger partial charge >= 0.3 is 0 Å². The van der Waals surface area contributed by atoms with Crippen LogP contribution in [0.2, 0.25) is 0 Å². The lowest BCUT2D eigenvalue weighted by Crippen LogP contribution is -2.07. The van der Waals surface area contributed by atoms with Gasteiger partial charge in [-0.2, -0.15) is 4.98 Å². The summed E-state index contributed by atoms with van der Waals surface area (Å²) in [6.07, 6.45) is 0. The Labute approximate surface area is 117 Å². The second kappa shape index (κ2) is 6.01. The summed E-state index contributed by atoms with van der Waals surface area (Å²) in [6, 6.07) is 8.91. The highest BCUT2D eigenvalue weighted by atomic mass is 16.5. The third kappa shape index (κ3) is 3.44. The molecule has 0 unspecified atom stereocenters. The lowest BCUT2D eigenvalue weighted by atomic mass is 10.3. The van der Waals surface area contributed by atoms with Crippen molar-refractivity contribution in [2.75, 3.05) is 17.7 Å². The van der Waals surface area contributed by atoms with Crippen molar-refractivity contribution < 1.29 is 9.53 Å². The van der Waals surface area contributed by atoms with E-state index in [9.17, 15) is 4.79 Å². The fourth-order valence-corrected chi connectivity index (χ4v) is 1.66. The van der Waals surface area contributed by atoms with Gasteiger partial charge in [0.15, 0.2) is 5.75 Å². The molecule has 0 saturated carbocycles. The summed E-state index contributed by atoms with van der Waals surface area (Å²) in [5.74, 6) is 1.27. The van der Waals surface area contributed by atoms with Crippen LogP contribution in [0.1, 0.15) is 12.6 Å². The quantitative estimate of drug-likeness (QED) is 0.894. The van der Waals surface area contributed by atoms with Gasteiger partial charge in [0.1, 0.15) is 0 Å². The minimum atomic E-state index is -0.157. The molecule has 2 aromatic rings. The Hall–Kier alpha value is -2.63.